The summed E-state index contributed by atoms with van der Waals surface area (Å²) < 4.78 is 1.70. The molecule has 2 heterocycles. The number of thioether (sulfide) groups is 1. The highest BCUT2D eigenvalue weighted by atomic mass is 32.2. The SMILES string of the molecule is N#CCc1nc(CSc2nnnn2-c2ccccc2)cs1. The minimum atomic E-state index is 0.358. The summed E-state index contributed by atoms with van der Waals surface area (Å²) in [7, 11) is 0. The van der Waals surface area contributed by atoms with Crippen LogP contribution in [0.3, 0.4) is 0 Å². The summed E-state index contributed by atoms with van der Waals surface area (Å²) in [6.07, 6.45) is 0.358. The van der Waals surface area contributed by atoms with Gasteiger partial charge in [0.2, 0.25) is 5.16 Å². The number of hydrogen-bond donors (Lipinski definition) is 0. The zero-order chi connectivity index (χ0) is 14.5. The Bertz CT molecular complexity index is 758. The summed E-state index contributed by atoms with van der Waals surface area (Å²) in [5, 5.41) is 24.0. The van der Waals surface area contributed by atoms with Crippen LogP contribution in [0, 0.1) is 11.3 Å². The maximum Gasteiger partial charge on any atom is 0.214 e. The van der Waals surface area contributed by atoms with E-state index in [4.69, 9.17) is 5.26 Å². The fourth-order valence-corrected chi connectivity index (χ4v) is 3.32. The van der Waals surface area contributed by atoms with E-state index in [-0.39, 0.29) is 0 Å². The highest BCUT2D eigenvalue weighted by Crippen LogP contribution is 2.23. The number of para-hydroxylation sites is 1. The highest BCUT2D eigenvalue weighted by Gasteiger charge is 2.10. The summed E-state index contributed by atoms with van der Waals surface area (Å²) in [6.45, 7) is 0. The molecule has 0 spiro atoms. The van der Waals surface area contributed by atoms with Crippen molar-refractivity contribution in [3.05, 3.63) is 46.4 Å². The molecule has 6 nitrogen and oxygen atoms in total. The lowest BCUT2D eigenvalue weighted by Crippen LogP contribution is -1.98. The quantitative estimate of drug-likeness (QED) is 0.673. The second-order valence-electron chi connectivity index (χ2n) is 4.06. The molecule has 0 unspecified atom stereocenters. The summed E-state index contributed by atoms with van der Waals surface area (Å²) in [5.74, 6) is 0.676. The van der Waals surface area contributed by atoms with Crippen LogP contribution in [0.4, 0.5) is 0 Å². The zero-order valence-corrected chi connectivity index (χ0v) is 12.5. The number of nitriles is 1. The maximum absolute atomic E-state index is 8.65. The Kier molecular flexibility index (Phi) is 4.23. The van der Waals surface area contributed by atoms with Crippen LogP contribution in [0.15, 0.2) is 40.9 Å². The second-order valence-corrected chi connectivity index (χ2v) is 5.95. The van der Waals surface area contributed by atoms with E-state index in [0.29, 0.717) is 12.2 Å². The molecular weight excluding hydrogens is 304 g/mol. The molecule has 2 aromatic heterocycles. The lowest BCUT2D eigenvalue weighted by Gasteiger charge is -2.02. The van der Waals surface area contributed by atoms with Gasteiger partial charge in [-0.15, -0.1) is 16.4 Å². The third-order valence-electron chi connectivity index (χ3n) is 2.62. The van der Waals surface area contributed by atoms with Crippen molar-refractivity contribution in [2.75, 3.05) is 0 Å². The van der Waals surface area contributed by atoms with Crippen molar-refractivity contribution in [1.82, 2.24) is 25.2 Å². The molecule has 0 radical (unpaired) electrons. The van der Waals surface area contributed by atoms with Gasteiger partial charge in [0.25, 0.3) is 0 Å². The molecule has 104 valence electrons. The lowest BCUT2D eigenvalue weighted by atomic mass is 10.3. The van der Waals surface area contributed by atoms with E-state index < -0.39 is 0 Å². The Morgan fingerprint density at radius 2 is 2.14 bits per heavy atom. The van der Waals surface area contributed by atoms with E-state index in [9.17, 15) is 0 Å². The van der Waals surface area contributed by atoms with Gasteiger partial charge >= 0.3 is 0 Å². The summed E-state index contributed by atoms with van der Waals surface area (Å²) >= 11 is 3.03. The molecular formula is C13H10N6S2. The fraction of sp³-hybridized carbons (Fsp3) is 0.154. The molecule has 0 saturated heterocycles. The van der Waals surface area contributed by atoms with Crippen LogP contribution >= 0.6 is 23.1 Å². The molecule has 0 bridgehead atoms. The molecule has 3 rings (SSSR count). The van der Waals surface area contributed by atoms with Crippen LogP contribution in [0.2, 0.25) is 0 Å². The number of aromatic nitrogens is 5. The van der Waals surface area contributed by atoms with Crippen LogP contribution in [0.25, 0.3) is 5.69 Å². The number of hydrogen-bond acceptors (Lipinski definition) is 7. The zero-order valence-electron chi connectivity index (χ0n) is 10.9. The van der Waals surface area contributed by atoms with Crippen molar-refractivity contribution in [3.63, 3.8) is 0 Å². The van der Waals surface area contributed by atoms with Crippen molar-refractivity contribution >= 4 is 23.1 Å². The van der Waals surface area contributed by atoms with Crippen LogP contribution < -0.4 is 0 Å². The number of thiazole rings is 1. The lowest BCUT2D eigenvalue weighted by molar-refractivity contribution is 0.756. The van der Waals surface area contributed by atoms with E-state index in [0.717, 1.165) is 21.5 Å². The topological polar surface area (TPSA) is 80.3 Å². The van der Waals surface area contributed by atoms with Crippen LogP contribution in [-0.2, 0) is 12.2 Å². The van der Waals surface area contributed by atoms with Gasteiger partial charge in [-0.2, -0.15) is 9.94 Å². The number of benzene rings is 1. The third kappa shape index (κ3) is 3.26. The van der Waals surface area contributed by atoms with Gasteiger partial charge in [-0.05, 0) is 22.6 Å². The smallest absolute Gasteiger partial charge is 0.214 e. The minimum Gasteiger partial charge on any atom is -0.244 e. The van der Waals surface area contributed by atoms with Gasteiger partial charge in [0.15, 0.2) is 0 Å². The monoisotopic (exact) mass is 314 g/mol. The first-order valence-electron chi connectivity index (χ1n) is 6.13. The molecule has 1 aromatic carbocycles. The Balaban J connectivity index is 1.71. The normalized spacial score (nSPS) is 10.4. The van der Waals surface area contributed by atoms with E-state index in [1.54, 1.807) is 4.68 Å². The van der Waals surface area contributed by atoms with Crippen LogP contribution in [-0.4, -0.2) is 25.2 Å². The average molecular weight is 314 g/mol. The number of rotatable bonds is 5. The fourth-order valence-electron chi connectivity index (χ4n) is 1.70. The summed E-state index contributed by atoms with van der Waals surface area (Å²) in [5.41, 5.74) is 1.87. The van der Waals surface area contributed by atoms with E-state index in [1.807, 2.05) is 35.7 Å². The van der Waals surface area contributed by atoms with Gasteiger partial charge in [0.05, 0.1) is 23.9 Å². The second kappa shape index (κ2) is 6.47. The van der Waals surface area contributed by atoms with Crippen molar-refractivity contribution in [3.8, 4) is 11.8 Å². The molecule has 0 atom stereocenters. The Morgan fingerprint density at radius 1 is 1.29 bits per heavy atom. The van der Waals surface area contributed by atoms with Gasteiger partial charge in [0.1, 0.15) is 5.01 Å². The Labute approximate surface area is 129 Å². The van der Waals surface area contributed by atoms with E-state index in [1.165, 1.54) is 23.1 Å². The molecule has 0 aliphatic carbocycles. The van der Waals surface area contributed by atoms with E-state index in [2.05, 4.69) is 26.6 Å². The molecule has 0 aliphatic heterocycles. The Morgan fingerprint density at radius 3 is 2.95 bits per heavy atom. The summed E-state index contributed by atoms with van der Waals surface area (Å²) in [4.78, 5) is 4.40. The molecule has 0 fully saturated rings. The molecule has 8 heteroatoms. The predicted octanol–water partition coefficient (Wildman–Crippen LogP) is 2.48. The van der Waals surface area contributed by atoms with Gasteiger partial charge in [0, 0.05) is 11.1 Å². The van der Waals surface area contributed by atoms with Crippen molar-refractivity contribution in [1.29, 1.82) is 5.26 Å². The molecule has 21 heavy (non-hydrogen) atoms. The largest absolute Gasteiger partial charge is 0.244 e. The van der Waals surface area contributed by atoms with Crippen LogP contribution in [0.1, 0.15) is 10.7 Å². The van der Waals surface area contributed by atoms with Gasteiger partial charge in [-0.25, -0.2) is 4.98 Å². The first-order valence-corrected chi connectivity index (χ1v) is 8.00. The van der Waals surface area contributed by atoms with Crippen molar-refractivity contribution in [2.45, 2.75) is 17.3 Å². The van der Waals surface area contributed by atoms with Crippen LogP contribution in [0.5, 0.6) is 0 Å². The predicted molar refractivity (Wildman–Crippen MR) is 80.1 cm³/mol. The Hall–Kier alpha value is -2.24. The minimum absolute atomic E-state index is 0.358. The highest BCUT2D eigenvalue weighted by molar-refractivity contribution is 7.98. The van der Waals surface area contributed by atoms with Gasteiger partial charge in [-0.1, -0.05) is 30.0 Å². The van der Waals surface area contributed by atoms with Gasteiger partial charge in [-0.3, -0.25) is 0 Å². The van der Waals surface area contributed by atoms with Crippen molar-refractivity contribution < 1.29 is 0 Å². The van der Waals surface area contributed by atoms with Gasteiger partial charge < -0.3 is 0 Å². The standard InChI is InChI=1S/C13H10N6S2/c14-7-6-12-15-10(8-20-12)9-21-13-16-17-18-19(13)11-4-2-1-3-5-11/h1-5,8H,6,9H2. The summed E-state index contributed by atoms with van der Waals surface area (Å²) in [6, 6.07) is 11.8. The molecule has 0 amide bonds. The molecule has 0 N–H and O–H groups in total. The number of tetrazole rings is 1. The molecule has 0 saturated carbocycles. The molecule has 3 aromatic rings. The maximum atomic E-state index is 8.65. The molecule has 0 aliphatic rings. The third-order valence-corrected chi connectivity index (χ3v) is 4.47. The first-order chi connectivity index (χ1) is 10.4. The van der Waals surface area contributed by atoms with Crippen molar-refractivity contribution in [2.24, 2.45) is 0 Å². The van der Waals surface area contributed by atoms with E-state index >= 15 is 0 Å². The average Bonchev–Trinajstić information content (AvgIpc) is 3.15. The number of nitrogens with zero attached hydrogens (tertiary/aromatic N) is 6. The first kappa shape index (κ1) is 13.7.